The second kappa shape index (κ2) is 5.79. The molecular formula is C11H18OS2. The van der Waals surface area contributed by atoms with Crippen molar-refractivity contribution in [3.05, 3.63) is 21.9 Å². The predicted molar refractivity (Wildman–Crippen MR) is 66.2 cm³/mol. The van der Waals surface area contributed by atoms with Crippen molar-refractivity contribution < 1.29 is 5.11 Å². The second-order valence-corrected chi connectivity index (χ2v) is 6.29. The van der Waals surface area contributed by atoms with Gasteiger partial charge in [-0.25, -0.2) is 0 Å². The Balaban J connectivity index is 2.32. The van der Waals surface area contributed by atoms with Gasteiger partial charge in [0.1, 0.15) is 0 Å². The number of aliphatic hydroxyl groups excluding tert-OH is 1. The first-order valence-electron chi connectivity index (χ1n) is 4.91. The molecule has 80 valence electrons. The van der Waals surface area contributed by atoms with Crippen molar-refractivity contribution >= 4 is 23.1 Å². The van der Waals surface area contributed by atoms with E-state index in [9.17, 15) is 5.11 Å². The number of aryl methyl sites for hydroxylation is 1. The fraction of sp³-hybridized carbons (Fsp3) is 0.636. The topological polar surface area (TPSA) is 20.2 Å². The molecule has 0 saturated carbocycles. The highest BCUT2D eigenvalue weighted by Gasteiger charge is 2.09. The molecule has 0 bridgehead atoms. The zero-order chi connectivity index (χ0) is 10.6. The van der Waals surface area contributed by atoms with Crippen LogP contribution >= 0.6 is 23.1 Å². The molecule has 0 aliphatic heterocycles. The van der Waals surface area contributed by atoms with E-state index in [1.165, 1.54) is 4.88 Å². The van der Waals surface area contributed by atoms with Gasteiger partial charge in [-0.15, -0.1) is 11.3 Å². The molecular weight excluding hydrogens is 212 g/mol. The van der Waals surface area contributed by atoms with Gasteiger partial charge >= 0.3 is 0 Å². The molecule has 0 aliphatic rings. The van der Waals surface area contributed by atoms with E-state index < -0.39 is 0 Å². The Kier molecular flexibility index (Phi) is 4.99. The molecule has 0 aliphatic carbocycles. The normalized spacial score (nSPS) is 13.5. The molecule has 0 spiro atoms. The van der Waals surface area contributed by atoms with E-state index in [1.807, 2.05) is 17.8 Å². The Morgan fingerprint density at radius 3 is 2.57 bits per heavy atom. The third kappa shape index (κ3) is 4.03. The van der Waals surface area contributed by atoms with Crippen LogP contribution in [0.1, 0.15) is 29.7 Å². The third-order valence-corrected chi connectivity index (χ3v) is 4.37. The monoisotopic (exact) mass is 230 g/mol. The van der Waals surface area contributed by atoms with Crippen molar-refractivity contribution in [2.24, 2.45) is 5.92 Å². The lowest BCUT2D eigenvalue weighted by molar-refractivity contribution is 0.208. The number of hydrogen-bond donors (Lipinski definition) is 1. The van der Waals surface area contributed by atoms with Crippen LogP contribution in [-0.4, -0.2) is 16.6 Å². The smallest absolute Gasteiger partial charge is 0.0972 e. The minimum Gasteiger partial charge on any atom is -0.387 e. The van der Waals surface area contributed by atoms with E-state index in [2.05, 4.69) is 26.8 Å². The highest BCUT2D eigenvalue weighted by atomic mass is 32.2. The van der Waals surface area contributed by atoms with Gasteiger partial charge in [0.15, 0.2) is 0 Å². The van der Waals surface area contributed by atoms with Gasteiger partial charge in [0.05, 0.1) is 6.10 Å². The molecule has 14 heavy (non-hydrogen) atoms. The van der Waals surface area contributed by atoms with Crippen molar-refractivity contribution in [2.75, 3.05) is 11.5 Å². The summed E-state index contributed by atoms with van der Waals surface area (Å²) in [6.07, 6.45) is -0.280. The van der Waals surface area contributed by atoms with E-state index in [1.54, 1.807) is 11.3 Å². The van der Waals surface area contributed by atoms with Gasteiger partial charge in [0.25, 0.3) is 0 Å². The quantitative estimate of drug-likeness (QED) is 0.835. The van der Waals surface area contributed by atoms with Gasteiger partial charge < -0.3 is 5.11 Å². The van der Waals surface area contributed by atoms with Crippen molar-refractivity contribution in [1.82, 2.24) is 0 Å². The van der Waals surface area contributed by atoms with Crippen LogP contribution in [0.3, 0.4) is 0 Å². The molecule has 1 aromatic heterocycles. The number of rotatable bonds is 5. The largest absolute Gasteiger partial charge is 0.387 e. The number of thiophene rings is 1. The summed E-state index contributed by atoms with van der Waals surface area (Å²) >= 11 is 3.52. The highest BCUT2D eigenvalue weighted by Crippen LogP contribution is 2.25. The Labute approximate surface area is 94.5 Å². The zero-order valence-electron chi connectivity index (χ0n) is 8.99. The van der Waals surface area contributed by atoms with E-state index in [4.69, 9.17) is 0 Å². The van der Waals surface area contributed by atoms with Crippen molar-refractivity contribution in [2.45, 2.75) is 26.9 Å². The van der Waals surface area contributed by atoms with Crippen LogP contribution in [0.5, 0.6) is 0 Å². The van der Waals surface area contributed by atoms with Gasteiger partial charge in [-0.05, 0) is 30.7 Å². The Hall–Kier alpha value is 0.01000. The molecule has 0 radical (unpaired) electrons. The Morgan fingerprint density at radius 2 is 2.07 bits per heavy atom. The van der Waals surface area contributed by atoms with Gasteiger partial charge in [0.2, 0.25) is 0 Å². The lowest BCUT2D eigenvalue weighted by Crippen LogP contribution is -2.00. The van der Waals surface area contributed by atoms with Crippen LogP contribution in [0.4, 0.5) is 0 Å². The lowest BCUT2D eigenvalue weighted by Gasteiger charge is -2.09. The van der Waals surface area contributed by atoms with Gasteiger partial charge in [-0.2, -0.15) is 11.8 Å². The maximum atomic E-state index is 9.84. The van der Waals surface area contributed by atoms with Crippen molar-refractivity contribution in [1.29, 1.82) is 0 Å². The first kappa shape index (κ1) is 12.1. The summed E-state index contributed by atoms with van der Waals surface area (Å²) in [5, 5.41) is 9.84. The molecule has 1 aromatic rings. The van der Waals surface area contributed by atoms with Crippen LogP contribution < -0.4 is 0 Å². The Bertz CT molecular complexity index is 268. The minimum absolute atomic E-state index is 0.280. The summed E-state index contributed by atoms with van der Waals surface area (Å²) in [5.41, 5.74) is 0. The second-order valence-electron chi connectivity index (χ2n) is 3.90. The van der Waals surface area contributed by atoms with Crippen LogP contribution in [0, 0.1) is 12.8 Å². The molecule has 1 atom stereocenters. The minimum atomic E-state index is -0.280. The van der Waals surface area contributed by atoms with E-state index in [-0.39, 0.29) is 6.10 Å². The average Bonchev–Trinajstić information content (AvgIpc) is 2.51. The first-order valence-corrected chi connectivity index (χ1v) is 6.89. The molecule has 0 aromatic carbocycles. The van der Waals surface area contributed by atoms with Crippen LogP contribution in [0.2, 0.25) is 0 Å². The van der Waals surface area contributed by atoms with Gasteiger partial charge in [0, 0.05) is 15.5 Å². The molecule has 1 heterocycles. The van der Waals surface area contributed by atoms with Gasteiger partial charge in [-0.1, -0.05) is 13.8 Å². The summed E-state index contributed by atoms with van der Waals surface area (Å²) < 4.78 is 0. The molecule has 3 heteroatoms. The lowest BCUT2D eigenvalue weighted by atomic mass is 10.3. The summed E-state index contributed by atoms with van der Waals surface area (Å²) in [5.74, 6) is 2.65. The molecule has 0 amide bonds. The molecule has 1 unspecified atom stereocenters. The van der Waals surface area contributed by atoms with Crippen molar-refractivity contribution in [3.8, 4) is 0 Å². The number of thioether (sulfide) groups is 1. The molecule has 1 nitrogen and oxygen atoms in total. The average molecular weight is 230 g/mol. The Morgan fingerprint density at radius 1 is 1.36 bits per heavy atom. The molecule has 1 rings (SSSR count). The molecule has 0 saturated heterocycles. The molecule has 1 N–H and O–H groups in total. The van der Waals surface area contributed by atoms with Crippen LogP contribution in [-0.2, 0) is 0 Å². The standard InChI is InChI=1S/C11H18OS2/c1-8(2)6-13-7-10(12)11-5-4-9(3)14-11/h4-5,8,10,12H,6-7H2,1-3H3. The number of aliphatic hydroxyl groups is 1. The summed E-state index contributed by atoms with van der Waals surface area (Å²) in [6, 6.07) is 4.09. The van der Waals surface area contributed by atoms with Crippen LogP contribution in [0.15, 0.2) is 12.1 Å². The SMILES string of the molecule is Cc1ccc(C(O)CSCC(C)C)s1. The van der Waals surface area contributed by atoms with Crippen LogP contribution in [0.25, 0.3) is 0 Å². The maximum absolute atomic E-state index is 9.84. The number of hydrogen-bond acceptors (Lipinski definition) is 3. The van der Waals surface area contributed by atoms with E-state index in [0.717, 1.165) is 16.4 Å². The van der Waals surface area contributed by atoms with Gasteiger partial charge in [-0.3, -0.25) is 0 Å². The fourth-order valence-corrected chi connectivity index (χ4v) is 3.11. The maximum Gasteiger partial charge on any atom is 0.0972 e. The van der Waals surface area contributed by atoms with E-state index >= 15 is 0 Å². The van der Waals surface area contributed by atoms with Crippen molar-refractivity contribution in [3.63, 3.8) is 0 Å². The van der Waals surface area contributed by atoms with E-state index in [0.29, 0.717) is 5.92 Å². The zero-order valence-corrected chi connectivity index (χ0v) is 10.6. The third-order valence-electron chi connectivity index (χ3n) is 1.82. The predicted octanol–water partition coefficient (Wildman–Crippen LogP) is 3.48. The fourth-order valence-electron chi connectivity index (χ4n) is 1.13. The summed E-state index contributed by atoms with van der Waals surface area (Å²) in [6.45, 7) is 6.48. The first-order chi connectivity index (χ1) is 6.59. The molecule has 0 fully saturated rings. The highest BCUT2D eigenvalue weighted by molar-refractivity contribution is 7.99. The summed E-state index contributed by atoms with van der Waals surface area (Å²) in [4.78, 5) is 2.37. The summed E-state index contributed by atoms with van der Waals surface area (Å²) in [7, 11) is 0.